The number of benzene rings is 1. The highest BCUT2D eigenvalue weighted by Gasteiger charge is 2.13. The third-order valence-corrected chi connectivity index (χ3v) is 4.21. The number of guanidine groups is 1. The zero-order valence-corrected chi connectivity index (χ0v) is 15.7. The first-order valence-electron chi connectivity index (χ1n) is 9.10. The molecule has 134 valence electrons. The Labute approximate surface area is 147 Å². The van der Waals surface area contributed by atoms with Crippen molar-refractivity contribution in [2.75, 3.05) is 39.8 Å². The van der Waals surface area contributed by atoms with Gasteiger partial charge in [-0.05, 0) is 38.9 Å². The van der Waals surface area contributed by atoms with E-state index in [0.717, 1.165) is 32.1 Å². The van der Waals surface area contributed by atoms with Gasteiger partial charge in [0.25, 0.3) is 0 Å². The number of piperazine rings is 1. The highest BCUT2D eigenvalue weighted by molar-refractivity contribution is 5.79. The van der Waals surface area contributed by atoms with Gasteiger partial charge in [0.05, 0.1) is 6.54 Å². The maximum atomic E-state index is 4.66. The molecule has 0 saturated carbocycles. The molecule has 5 nitrogen and oxygen atoms in total. The molecule has 1 aromatic carbocycles. The van der Waals surface area contributed by atoms with Crippen molar-refractivity contribution in [2.45, 2.75) is 39.9 Å². The molecule has 0 spiro atoms. The monoisotopic (exact) mass is 331 g/mol. The van der Waals surface area contributed by atoms with E-state index in [1.807, 2.05) is 0 Å². The van der Waals surface area contributed by atoms with E-state index in [9.17, 15) is 0 Å². The minimum Gasteiger partial charge on any atom is -0.357 e. The molecule has 0 unspecified atom stereocenters. The number of aliphatic imine (C=N–C) groups is 1. The number of nitrogens with zero attached hydrogens (tertiary/aromatic N) is 3. The number of hydrogen-bond donors (Lipinski definition) is 2. The van der Waals surface area contributed by atoms with Gasteiger partial charge in [-0.3, -0.25) is 4.90 Å². The molecule has 24 heavy (non-hydrogen) atoms. The van der Waals surface area contributed by atoms with Crippen LogP contribution >= 0.6 is 0 Å². The first-order chi connectivity index (χ1) is 11.6. The van der Waals surface area contributed by atoms with Crippen LogP contribution < -0.4 is 10.6 Å². The second-order valence-corrected chi connectivity index (χ2v) is 6.89. The largest absolute Gasteiger partial charge is 0.357 e. The Morgan fingerprint density at radius 2 is 1.71 bits per heavy atom. The molecule has 0 bridgehead atoms. The molecule has 5 heteroatoms. The Kier molecular flexibility index (Phi) is 7.53. The van der Waals surface area contributed by atoms with Gasteiger partial charge in [0.2, 0.25) is 0 Å². The van der Waals surface area contributed by atoms with Crippen molar-refractivity contribution in [3.05, 3.63) is 35.4 Å². The number of likely N-dealkylation sites (N-methyl/N-ethyl adjacent to an activating group) is 1. The smallest absolute Gasteiger partial charge is 0.191 e. The summed E-state index contributed by atoms with van der Waals surface area (Å²) in [6, 6.07) is 9.27. The Morgan fingerprint density at radius 3 is 2.29 bits per heavy atom. The van der Waals surface area contributed by atoms with Gasteiger partial charge >= 0.3 is 0 Å². The van der Waals surface area contributed by atoms with Crippen LogP contribution in [0.3, 0.4) is 0 Å². The van der Waals surface area contributed by atoms with Gasteiger partial charge in [-0.2, -0.15) is 0 Å². The van der Waals surface area contributed by atoms with E-state index >= 15 is 0 Å². The third-order valence-electron chi connectivity index (χ3n) is 4.21. The van der Waals surface area contributed by atoms with E-state index in [1.165, 1.54) is 24.2 Å². The zero-order valence-electron chi connectivity index (χ0n) is 15.7. The van der Waals surface area contributed by atoms with Gasteiger partial charge in [0.15, 0.2) is 5.96 Å². The topological polar surface area (TPSA) is 42.9 Å². The molecular weight excluding hydrogens is 298 g/mol. The van der Waals surface area contributed by atoms with Crippen molar-refractivity contribution < 1.29 is 0 Å². The number of hydrogen-bond acceptors (Lipinski definition) is 3. The van der Waals surface area contributed by atoms with E-state index < -0.39 is 0 Å². The van der Waals surface area contributed by atoms with Crippen molar-refractivity contribution in [3.8, 4) is 0 Å². The molecule has 2 rings (SSSR count). The molecule has 0 radical (unpaired) electrons. The number of rotatable bonds is 6. The Bertz CT molecular complexity index is 501. The maximum absolute atomic E-state index is 4.66. The lowest BCUT2D eigenvalue weighted by atomic mass is 10.1. The summed E-state index contributed by atoms with van der Waals surface area (Å²) in [5.41, 5.74) is 2.64. The van der Waals surface area contributed by atoms with Crippen LogP contribution in [0, 0.1) is 0 Å². The molecule has 1 saturated heterocycles. The lowest BCUT2D eigenvalue weighted by molar-refractivity contribution is 0.148. The van der Waals surface area contributed by atoms with Crippen LogP contribution in [0.4, 0.5) is 0 Å². The van der Waals surface area contributed by atoms with Crippen LogP contribution in [0.1, 0.15) is 31.9 Å². The van der Waals surface area contributed by atoms with Gasteiger partial charge < -0.3 is 15.5 Å². The van der Waals surface area contributed by atoms with Gasteiger partial charge in [-0.1, -0.05) is 24.3 Å². The first kappa shape index (κ1) is 18.7. The highest BCUT2D eigenvalue weighted by atomic mass is 15.2. The van der Waals surface area contributed by atoms with Crippen molar-refractivity contribution >= 4 is 5.96 Å². The van der Waals surface area contributed by atoms with Crippen LogP contribution in [-0.2, 0) is 13.1 Å². The molecule has 1 aliphatic rings. The minimum atomic E-state index is 0.383. The van der Waals surface area contributed by atoms with Crippen LogP contribution in [0.5, 0.6) is 0 Å². The predicted molar refractivity (Wildman–Crippen MR) is 102 cm³/mol. The summed E-state index contributed by atoms with van der Waals surface area (Å²) in [6.07, 6.45) is 0. The van der Waals surface area contributed by atoms with E-state index in [1.54, 1.807) is 0 Å². The van der Waals surface area contributed by atoms with Crippen molar-refractivity contribution in [1.82, 2.24) is 20.4 Å². The van der Waals surface area contributed by atoms with Crippen LogP contribution in [-0.4, -0.2) is 61.6 Å². The summed E-state index contributed by atoms with van der Waals surface area (Å²) in [5.74, 6) is 0.883. The SMILES string of the molecule is CCNC(=NCc1ccc(CN2CCN(C)CC2)cc1)NC(C)C. The molecule has 2 N–H and O–H groups in total. The van der Waals surface area contributed by atoms with Gasteiger partial charge in [0, 0.05) is 45.3 Å². The second-order valence-electron chi connectivity index (χ2n) is 6.89. The molecular formula is C19H33N5. The summed E-state index contributed by atoms with van der Waals surface area (Å²) in [7, 11) is 2.20. The summed E-state index contributed by atoms with van der Waals surface area (Å²) in [5, 5.41) is 6.63. The standard InChI is InChI=1S/C19H33N5/c1-5-20-19(22-16(2)3)21-14-17-6-8-18(9-7-17)15-24-12-10-23(4)11-13-24/h6-9,16H,5,10-15H2,1-4H3,(H2,20,21,22). The predicted octanol–water partition coefficient (Wildman–Crippen LogP) is 1.90. The summed E-state index contributed by atoms with van der Waals surface area (Å²) >= 11 is 0. The average molecular weight is 332 g/mol. The normalized spacial score (nSPS) is 17.3. The minimum absolute atomic E-state index is 0.383. The Balaban J connectivity index is 1.86. The van der Waals surface area contributed by atoms with E-state index in [4.69, 9.17) is 0 Å². The molecule has 1 heterocycles. The zero-order chi connectivity index (χ0) is 17.4. The first-order valence-corrected chi connectivity index (χ1v) is 9.10. The molecule has 0 amide bonds. The van der Waals surface area contributed by atoms with Crippen molar-refractivity contribution in [2.24, 2.45) is 4.99 Å². The molecule has 1 fully saturated rings. The molecule has 1 aliphatic heterocycles. The third kappa shape index (κ3) is 6.49. The molecule has 0 aliphatic carbocycles. The highest BCUT2D eigenvalue weighted by Crippen LogP contribution is 2.10. The second kappa shape index (κ2) is 9.64. The fourth-order valence-corrected chi connectivity index (χ4v) is 2.78. The average Bonchev–Trinajstić information content (AvgIpc) is 2.56. The fraction of sp³-hybridized carbons (Fsp3) is 0.632. The molecule has 0 aromatic heterocycles. The Hall–Kier alpha value is -1.59. The summed E-state index contributed by atoms with van der Waals surface area (Å²) in [4.78, 5) is 9.58. The lowest BCUT2D eigenvalue weighted by Crippen LogP contribution is -2.43. The molecule has 0 atom stereocenters. The van der Waals surface area contributed by atoms with E-state index in [0.29, 0.717) is 12.6 Å². The maximum Gasteiger partial charge on any atom is 0.191 e. The Morgan fingerprint density at radius 1 is 1.08 bits per heavy atom. The number of nitrogens with one attached hydrogen (secondary N) is 2. The van der Waals surface area contributed by atoms with E-state index in [2.05, 4.69) is 77.5 Å². The van der Waals surface area contributed by atoms with Crippen LogP contribution in [0.25, 0.3) is 0 Å². The van der Waals surface area contributed by atoms with Gasteiger partial charge in [-0.25, -0.2) is 4.99 Å². The summed E-state index contributed by atoms with van der Waals surface area (Å²) < 4.78 is 0. The quantitative estimate of drug-likeness (QED) is 0.617. The summed E-state index contributed by atoms with van der Waals surface area (Å²) in [6.45, 7) is 13.6. The van der Waals surface area contributed by atoms with Crippen LogP contribution in [0.2, 0.25) is 0 Å². The lowest BCUT2D eigenvalue weighted by Gasteiger charge is -2.32. The van der Waals surface area contributed by atoms with Crippen molar-refractivity contribution in [1.29, 1.82) is 0 Å². The van der Waals surface area contributed by atoms with Gasteiger partial charge in [-0.15, -0.1) is 0 Å². The van der Waals surface area contributed by atoms with Crippen molar-refractivity contribution in [3.63, 3.8) is 0 Å². The van der Waals surface area contributed by atoms with Gasteiger partial charge in [0.1, 0.15) is 0 Å². The van der Waals surface area contributed by atoms with Crippen LogP contribution in [0.15, 0.2) is 29.3 Å². The molecule has 1 aromatic rings. The van der Waals surface area contributed by atoms with E-state index in [-0.39, 0.29) is 0 Å². The fourth-order valence-electron chi connectivity index (χ4n) is 2.78.